The average Bonchev–Trinajstić information content (AvgIpc) is 1.95. The second-order valence-corrected chi connectivity index (χ2v) is 2.58. The van der Waals surface area contributed by atoms with Crippen molar-refractivity contribution in [2.24, 2.45) is 0 Å². The Kier molecular flexibility index (Phi) is 2.40. The highest BCUT2D eigenvalue weighted by Crippen LogP contribution is 2.17. The van der Waals surface area contributed by atoms with Gasteiger partial charge in [0.2, 0.25) is 0 Å². The monoisotopic (exact) mass is 144 g/mol. The van der Waals surface area contributed by atoms with Crippen LogP contribution in [0.5, 0.6) is 0 Å². The molecule has 10 heavy (non-hydrogen) atoms. The largest absolute Gasteiger partial charge is 0.383 e. The fourth-order valence-corrected chi connectivity index (χ4v) is 1.24. The zero-order chi connectivity index (χ0) is 7.56. The van der Waals surface area contributed by atoms with Gasteiger partial charge in [-0.25, -0.2) is 0 Å². The van der Waals surface area contributed by atoms with Crippen LogP contribution in [0.25, 0.3) is 0 Å². The average molecular weight is 144 g/mol. The third kappa shape index (κ3) is 1.36. The van der Waals surface area contributed by atoms with Crippen LogP contribution < -0.4 is 0 Å². The minimum Gasteiger partial charge on any atom is -0.383 e. The van der Waals surface area contributed by atoms with Gasteiger partial charge in [-0.15, -0.1) is 0 Å². The Labute approximate surface area is 60.0 Å². The van der Waals surface area contributed by atoms with Crippen molar-refractivity contribution in [1.82, 2.24) is 0 Å². The molecule has 3 nitrogen and oxygen atoms in total. The van der Waals surface area contributed by atoms with Crippen LogP contribution in [0.15, 0.2) is 0 Å². The summed E-state index contributed by atoms with van der Waals surface area (Å²) in [4.78, 5) is 10.8. The summed E-state index contributed by atoms with van der Waals surface area (Å²) in [6.45, 7) is 0. The van der Waals surface area contributed by atoms with E-state index in [2.05, 4.69) is 0 Å². The van der Waals surface area contributed by atoms with Gasteiger partial charge in [-0.1, -0.05) is 0 Å². The van der Waals surface area contributed by atoms with Crippen LogP contribution in [0.1, 0.15) is 19.3 Å². The lowest BCUT2D eigenvalue weighted by Crippen LogP contribution is -2.38. The standard InChI is InChI=1S/C7H12O3/c1-10-6-4-2-3-5(8)7(6)9/h6-7,9H,2-4H2,1H3/t6-,7-/m1/s1. The molecule has 1 N–H and O–H groups in total. The van der Waals surface area contributed by atoms with Crippen molar-refractivity contribution < 1.29 is 14.6 Å². The molecule has 3 heteroatoms. The van der Waals surface area contributed by atoms with Gasteiger partial charge in [-0.2, -0.15) is 0 Å². The van der Waals surface area contributed by atoms with Crippen LogP contribution in [0.4, 0.5) is 0 Å². The Morgan fingerprint density at radius 2 is 2.40 bits per heavy atom. The molecule has 1 rings (SSSR count). The molecule has 0 aromatic rings. The SMILES string of the molecule is CO[C@@H]1CCCC(=O)[C@H]1O. The Morgan fingerprint density at radius 3 is 2.90 bits per heavy atom. The van der Waals surface area contributed by atoms with Gasteiger partial charge in [-0.3, -0.25) is 4.79 Å². The van der Waals surface area contributed by atoms with Crippen molar-refractivity contribution in [3.8, 4) is 0 Å². The second-order valence-electron chi connectivity index (χ2n) is 2.58. The molecule has 0 spiro atoms. The van der Waals surface area contributed by atoms with E-state index in [0.29, 0.717) is 6.42 Å². The number of hydrogen-bond acceptors (Lipinski definition) is 3. The van der Waals surface area contributed by atoms with Crippen molar-refractivity contribution in [2.75, 3.05) is 7.11 Å². The molecule has 0 amide bonds. The molecule has 1 fully saturated rings. The lowest BCUT2D eigenvalue weighted by atomic mass is 9.94. The smallest absolute Gasteiger partial charge is 0.163 e. The highest BCUT2D eigenvalue weighted by molar-refractivity contribution is 5.84. The number of aliphatic hydroxyl groups is 1. The van der Waals surface area contributed by atoms with E-state index in [1.807, 2.05) is 0 Å². The summed E-state index contributed by atoms with van der Waals surface area (Å²) in [5.74, 6) is -0.0851. The number of carbonyl (C=O) groups is 1. The van der Waals surface area contributed by atoms with E-state index in [4.69, 9.17) is 9.84 Å². The minimum atomic E-state index is -0.876. The quantitative estimate of drug-likeness (QED) is 0.568. The van der Waals surface area contributed by atoms with Crippen LogP contribution in [-0.2, 0) is 9.53 Å². The maximum Gasteiger partial charge on any atom is 0.163 e. The number of rotatable bonds is 1. The first-order valence-corrected chi connectivity index (χ1v) is 3.49. The van der Waals surface area contributed by atoms with Crippen LogP contribution in [0, 0.1) is 0 Å². The number of ketones is 1. The maximum absolute atomic E-state index is 10.8. The van der Waals surface area contributed by atoms with E-state index < -0.39 is 6.10 Å². The summed E-state index contributed by atoms with van der Waals surface area (Å²) >= 11 is 0. The summed E-state index contributed by atoms with van der Waals surface area (Å²) in [5, 5.41) is 9.16. The van der Waals surface area contributed by atoms with E-state index in [-0.39, 0.29) is 11.9 Å². The van der Waals surface area contributed by atoms with Gasteiger partial charge < -0.3 is 9.84 Å². The van der Waals surface area contributed by atoms with Crippen molar-refractivity contribution in [1.29, 1.82) is 0 Å². The molecular formula is C7H12O3. The highest BCUT2D eigenvalue weighted by Gasteiger charge is 2.29. The summed E-state index contributed by atoms with van der Waals surface area (Å²) < 4.78 is 4.90. The molecule has 1 aliphatic rings. The van der Waals surface area contributed by atoms with Crippen LogP contribution in [0.3, 0.4) is 0 Å². The van der Waals surface area contributed by atoms with Gasteiger partial charge in [0.1, 0.15) is 6.10 Å². The third-order valence-corrected chi connectivity index (χ3v) is 1.90. The van der Waals surface area contributed by atoms with E-state index in [1.165, 1.54) is 7.11 Å². The summed E-state index contributed by atoms with van der Waals surface area (Å²) in [6, 6.07) is 0. The Balaban J connectivity index is 2.51. The molecule has 2 atom stereocenters. The van der Waals surface area contributed by atoms with Crippen LogP contribution >= 0.6 is 0 Å². The lowest BCUT2D eigenvalue weighted by molar-refractivity contribution is -0.138. The van der Waals surface area contributed by atoms with Crippen molar-refractivity contribution in [2.45, 2.75) is 31.5 Å². The molecule has 1 saturated carbocycles. The van der Waals surface area contributed by atoms with E-state index in [9.17, 15) is 4.79 Å². The Bertz CT molecular complexity index is 133. The number of aliphatic hydroxyl groups excluding tert-OH is 1. The molecule has 0 unspecified atom stereocenters. The molecule has 0 radical (unpaired) electrons. The number of methoxy groups -OCH3 is 1. The molecular weight excluding hydrogens is 132 g/mol. The second kappa shape index (κ2) is 3.12. The molecule has 0 saturated heterocycles. The number of Topliss-reactive ketones (excluding diaryl/α,β-unsaturated/α-hetero) is 1. The molecule has 0 aliphatic heterocycles. The van der Waals surface area contributed by atoms with Gasteiger partial charge in [-0.05, 0) is 12.8 Å². The zero-order valence-corrected chi connectivity index (χ0v) is 6.04. The minimum absolute atomic E-state index is 0.0851. The Hall–Kier alpha value is -0.410. The first-order valence-electron chi connectivity index (χ1n) is 3.49. The molecule has 0 heterocycles. The predicted octanol–water partition coefficient (Wildman–Crippen LogP) is 0.115. The molecule has 58 valence electrons. The van der Waals surface area contributed by atoms with Gasteiger partial charge in [0.15, 0.2) is 5.78 Å². The van der Waals surface area contributed by atoms with Crippen LogP contribution in [0.2, 0.25) is 0 Å². The molecule has 0 aromatic heterocycles. The lowest BCUT2D eigenvalue weighted by Gasteiger charge is -2.24. The first kappa shape index (κ1) is 7.69. The topological polar surface area (TPSA) is 46.5 Å². The van der Waals surface area contributed by atoms with Crippen molar-refractivity contribution in [3.05, 3.63) is 0 Å². The first-order chi connectivity index (χ1) is 4.75. The van der Waals surface area contributed by atoms with Gasteiger partial charge in [0.25, 0.3) is 0 Å². The summed E-state index contributed by atoms with van der Waals surface area (Å²) in [7, 11) is 1.52. The van der Waals surface area contributed by atoms with Crippen molar-refractivity contribution >= 4 is 5.78 Å². The van der Waals surface area contributed by atoms with E-state index in [0.717, 1.165) is 12.8 Å². The Morgan fingerprint density at radius 1 is 1.70 bits per heavy atom. The normalized spacial score (nSPS) is 34.4. The van der Waals surface area contributed by atoms with Crippen molar-refractivity contribution in [3.63, 3.8) is 0 Å². The van der Waals surface area contributed by atoms with E-state index in [1.54, 1.807) is 0 Å². The van der Waals surface area contributed by atoms with Gasteiger partial charge in [0.05, 0.1) is 6.10 Å². The van der Waals surface area contributed by atoms with Gasteiger partial charge >= 0.3 is 0 Å². The highest BCUT2D eigenvalue weighted by atomic mass is 16.5. The fraction of sp³-hybridized carbons (Fsp3) is 0.857. The fourth-order valence-electron chi connectivity index (χ4n) is 1.24. The summed E-state index contributed by atoms with van der Waals surface area (Å²) in [5.41, 5.74) is 0. The molecule has 0 aromatic carbocycles. The zero-order valence-electron chi connectivity index (χ0n) is 6.04. The number of hydrogen-bond donors (Lipinski definition) is 1. The molecule has 1 aliphatic carbocycles. The predicted molar refractivity (Wildman–Crippen MR) is 35.7 cm³/mol. The number of ether oxygens (including phenoxy) is 1. The summed E-state index contributed by atoms with van der Waals surface area (Å²) in [6.07, 6.45) is 0.999. The third-order valence-electron chi connectivity index (χ3n) is 1.90. The van der Waals surface area contributed by atoms with Crippen LogP contribution in [-0.4, -0.2) is 30.2 Å². The van der Waals surface area contributed by atoms with Gasteiger partial charge in [0, 0.05) is 13.5 Å². The molecule has 0 bridgehead atoms. The number of carbonyl (C=O) groups excluding carboxylic acids is 1. The maximum atomic E-state index is 10.8. The van der Waals surface area contributed by atoms with E-state index >= 15 is 0 Å².